The molecule has 85 heavy (non-hydrogen) atoms. The smallest absolute Gasteiger partial charge is 0.349 e. The molecule has 21 heteroatoms. The number of carbonyl (C=O) groups is 3. The minimum absolute atomic E-state index is 0. The number of rotatable bonds is 15. The Morgan fingerprint density at radius 3 is 0.718 bits per heavy atom. The quantitative estimate of drug-likeness (QED) is 0.0866. The van der Waals surface area contributed by atoms with Gasteiger partial charge in [-0.05, 0) is 91.0 Å². The summed E-state index contributed by atoms with van der Waals surface area (Å²) in [6.45, 7) is 0. The standard InChI is InChI=1S/3C20H14BrN3O3.4CH4/c3*21-14-10-11-18(27-19(20(25)26)13-6-2-1-3-7-13)17(12-14)24-22-15-8-4-5-9-16(15)23-24;;;;/h3*1-12,19H,(H,25,26);4*1H4. The lowest BCUT2D eigenvalue weighted by Gasteiger charge is -2.17. The summed E-state index contributed by atoms with van der Waals surface area (Å²) in [6.07, 6.45) is -3.43. The van der Waals surface area contributed by atoms with Crippen molar-refractivity contribution in [1.29, 1.82) is 0 Å². The number of aromatic nitrogens is 9. The van der Waals surface area contributed by atoms with E-state index in [9.17, 15) is 29.7 Å². The number of benzene rings is 9. The molecule has 0 saturated carbocycles. The average molecular weight is 1340 g/mol. The highest BCUT2D eigenvalue weighted by Gasteiger charge is 2.27. The average Bonchev–Trinajstić information content (AvgIpc) is 4.44. The van der Waals surface area contributed by atoms with Gasteiger partial charge in [-0.15, -0.1) is 45.0 Å². The van der Waals surface area contributed by atoms with Crippen LogP contribution in [0.15, 0.2) is 232 Å². The van der Waals surface area contributed by atoms with Gasteiger partial charge in [0.1, 0.15) is 67.4 Å². The van der Waals surface area contributed by atoms with Crippen molar-refractivity contribution in [3.05, 3.63) is 248 Å². The van der Waals surface area contributed by atoms with Gasteiger partial charge in [-0.2, -0.15) is 0 Å². The summed E-state index contributed by atoms with van der Waals surface area (Å²) in [7, 11) is 0. The fourth-order valence-corrected chi connectivity index (χ4v) is 9.24. The van der Waals surface area contributed by atoms with Gasteiger partial charge in [0.15, 0.2) is 0 Å². The Hall–Kier alpha value is -9.57. The van der Waals surface area contributed by atoms with Gasteiger partial charge < -0.3 is 29.5 Å². The predicted molar refractivity (Wildman–Crippen MR) is 339 cm³/mol. The van der Waals surface area contributed by atoms with Crippen LogP contribution < -0.4 is 14.2 Å². The minimum Gasteiger partial charge on any atom is -0.478 e. The molecule has 0 bridgehead atoms. The van der Waals surface area contributed by atoms with E-state index in [1.807, 2.05) is 91.0 Å². The Bertz CT molecular complexity index is 3660. The molecular formula is C64H58Br3N9O9. The van der Waals surface area contributed by atoms with Crippen LogP contribution in [0, 0.1) is 0 Å². The van der Waals surface area contributed by atoms with Gasteiger partial charge in [0, 0.05) is 30.1 Å². The van der Waals surface area contributed by atoms with E-state index in [1.165, 1.54) is 14.4 Å². The van der Waals surface area contributed by atoms with E-state index in [-0.39, 0.29) is 29.7 Å². The van der Waals surface area contributed by atoms with Crippen LogP contribution in [0.5, 0.6) is 17.2 Å². The molecule has 3 N–H and O–H groups in total. The number of carboxylic acids is 3. The van der Waals surface area contributed by atoms with Crippen LogP contribution in [0.2, 0.25) is 0 Å². The van der Waals surface area contributed by atoms with Crippen LogP contribution in [0.3, 0.4) is 0 Å². The van der Waals surface area contributed by atoms with Crippen molar-refractivity contribution in [2.24, 2.45) is 0 Å². The molecule has 0 aliphatic heterocycles. The number of hydrogen-bond acceptors (Lipinski definition) is 12. The molecule has 0 amide bonds. The molecule has 0 radical (unpaired) electrons. The molecule has 0 aliphatic carbocycles. The maximum atomic E-state index is 11.8. The van der Waals surface area contributed by atoms with E-state index in [0.717, 1.165) is 46.5 Å². The predicted octanol–water partition coefficient (Wildman–Crippen LogP) is 15.7. The van der Waals surface area contributed by atoms with Crippen molar-refractivity contribution < 1.29 is 43.9 Å². The van der Waals surface area contributed by atoms with Crippen molar-refractivity contribution >= 4 is 98.8 Å². The molecule has 9 aromatic carbocycles. The highest BCUT2D eigenvalue weighted by Crippen LogP contribution is 2.34. The number of hydrogen-bond donors (Lipinski definition) is 3. The molecule has 3 heterocycles. The summed E-state index contributed by atoms with van der Waals surface area (Å²) in [5, 5.41) is 55.7. The summed E-state index contributed by atoms with van der Waals surface area (Å²) in [6, 6.07) is 64.8. The maximum Gasteiger partial charge on any atom is 0.349 e. The molecular weight excluding hydrogens is 1280 g/mol. The van der Waals surface area contributed by atoms with Crippen LogP contribution >= 0.6 is 47.8 Å². The zero-order valence-electron chi connectivity index (χ0n) is 42.0. The zero-order chi connectivity index (χ0) is 56.4. The van der Waals surface area contributed by atoms with Crippen molar-refractivity contribution in [3.8, 4) is 34.3 Å². The van der Waals surface area contributed by atoms with E-state index >= 15 is 0 Å². The van der Waals surface area contributed by atoms with Crippen LogP contribution in [0.25, 0.3) is 50.2 Å². The molecule has 18 nitrogen and oxygen atoms in total. The minimum atomic E-state index is -1.14. The van der Waals surface area contributed by atoms with Gasteiger partial charge in [0.25, 0.3) is 0 Å². The second-order valence-electron chi connectivity index (χ2n) is 17.5. The van der Waals surface area contributed by atoms with Gasteiger partial charge in [-0.25, -0.2) is 14.4 Å². The lowest BCUT2D eigenvalue weighted by Crippen LogP contribution is -2.19. The monoisotopic (exact) mass is 1330 g/mol. The molecule has 3 aromatic heterocycles. The third-order valence-corrected chi connectivity index (χ3v) is 13.5. The number of ether oxygens (including phenoxy) is 3. The summed E-state index contributed by atoms with van der Waals surface area (Å²) >= 11 is 10.3. The molecule has 0 saturated heterocycles. The van der Waals surface area contributed by atoms with Crippen molar-refractivity contribution in [2.75, 3.05) is 0 Å². The second-order valence-corrected chi connectivity index (χ2v) is 20.3. The molecule has 3 unspecified atom stereocenters. The molecule has 434 valence electrons. The lowest BCUT2D eigenvalue weighted by molar-refractivity contribution is -0.146. The van der Waals surface area contributed by atoms with E-state index in [1.54, 1.807) is 127 Å². The second kappa shape index (κ2) is 29.6. The van der Waals surface area contributed by atoms with E-state index in [4.69, 9.17) is 14.2 Å². The number of aliphatic carboxylic acids is 3. The normalized spacial score (nSPS) is 11.5. The first kappa shape index (κ1) is 64.6. The summed E-state index contributed by atoms with van der Waals surface area (Å²) < 4.78 is 20.0. The fourth-order valence-electron chi connectivity index (χ4n) is 8.19. The molecule has 12 rings (SSSR count). The van der Waals surface area contributed by atoms with E-state index in [0.29, 0.717) is 51.0 Å². The van der Waals surface area contributed by atoms with Gasteiger partial charge in [-0.1, -0.05) is 205 Å². The molecule has 3 atom stereocenters. The van der Waals surface area contributed by atoms with E-state index in [2.05, 4.69) is 78.4 Å². The first-order valence-electron chi connectivity index (χ1n) is 24.5. The molecule has 0 fully saturated rings. The highest BCUT2D eigenvalue weighted by atomic mass is 79.9. The van der Waals surface area contributed by atoms with Gasteiger partial charge in [-0.3, -0.25) is 0 Å². The number of carboxylic acid groups (broad SMARTS) is 3. The van der Waals surface area contributed by atoms with Crippen molar-refractivity contribution in [1.82, 2.24) is 45.0 Å². The van der Waals surface area contributed by atoms with Crippen molar-refractivity contribution in [2.45, 2.75) is 48.0 Å². The molecule has 0 aliphatic rings. The number of fused-ring (bicyclic) bond motifs is 3. The summed E-state index contributed by atoms with van der Waals surface area (Å²) in [5.41, 5.74) is 7.72. The van der Waals surface area contributed by atoms with Crippen LogP contribution in [0.4, 0.5) is 0 Å². The topological polar surface area (TPSA) is 232 Å². The number of halogens is 3. The lowest BCUT2D eigenvalue weighted by atomic mass is 10.1. The van der Waals surface area contributed by atoms with Gasteiger partial charge >= 0.3 is 17.9 Å². The third kappa shape index (κ3) is 15.6. The summed E-state index contributed by atoms with van der Waals surface area (Å²) in [5.74, 6) is -2.12. The Morgan fingerprint density at radius 2 is 0.518 bits per heavy atom. The van der Waals surface area contributed by atoms with Gasteiger partial charge in [0.05, 0.1) is 0 Å². The van der Waals surface area contributed by atoms with Gasteiger partial charge in [0.2, 0.25) is 18.3 Å². The Balaban J connectivity index is 0.000000200. The largest absolute Gasteiger partial charge is 0.478 e. The SMILES string of the molecule is C.C.C.C.O=C(O)C(Oc1ccc(Br)cc1-n1nc2ccccc2n1)c1ccccc1.O=C(O)C(Oc1ccc(Br)cc1-n1nc2ccccc2n1)c1ccccc1.O=C(O)C(Oc1ccc(Br)cc1-n1nc2ccccc2n1)c1ccccc1. The van der Waals surface area contributed by atoms with Crippen LogP contribution in [-0.4, -0.2) is 78.2 Å². The highest BCUT2D eigenvalue weighted by molar-refractivity contribution is 9.11. The van der Waals surface area contributed by atoms with Crippen LogP contribution in [0.1, 0.15) is 64.7 Å². The van der Waals surface area contributed by atoms with E-state index < -0.39 is 36.2 Å². The van der Waals surface area contributed by atoms with Crippen molar-refractivity contribution in [3.63, 3.8) is 0 Å². The zero-order valence-corrected chi connectivity index (χ0v) is 46.7. The third-order valence-electron chi connectivity index (χ3n) is 12.0. The fraction of sp³-hybridized carbons (Fsp3) is 0.109. The summed E-state index contributed by atoms with van der Waals surface area (Å²) in [4.78, 5) is 39.7. The molecule has 0 spiro atoms. The first-order chi connectivity index (χ1) is 39.3. The molecule has 12 aromatic rings. The Kier molecular flexibility index (Phi) is 22.5. The first-order valence-corrected chi connectivity index (χ1v) is 26.9. The van der Waals surface area contributed by atoms with Crippen LogP contribution in [-0.2, 0) is 14.4 Å². The Labute approximate surface area is 515 Å². The number of nitrogens with zero attached hydrogens (tertiary/aromatic N) is 9. The maximum absolute atomic E-state index is 11.8. The Morgan fingerprint density at radius 1 is 0.318 bits per heavy atom.